The Kier molecular flexibility index (Phi) is 3.26. The lowest BCUT2D eigenvalue weighted by Gasteiger charge is -2.29. The van der Waals surface area contributed by atoms with Gasteiger partial charge in [0.05, 0.1) is 18.7 Å². The summed E-state index contributed by atoms with van der Waals surface area (Å²) in [5.74, 6) is 1.08. The Morgan fingerprint density at radius 3 is 2.79 bits per heavy atom. The van der Waals surface area contributed by atoms with Crippen LogP contribution in [0.3, 0.4) is 0 Å². The Balaban J connectivity index is 1.85. The Labute approximate surface area is 146 Å². The third kappa shape index (κ3) is 2.06. The van der Waals surface area contributed by atoms with E-state index in [4.69, 9.17) is 21.9 Å². The number of aryl methyl sites for hydroxylation is 1. The minimum Gasteiger partial charge on any atom is -0.378 e. The third-order valence-corrected chi connectivity index (χ3v) is 6.16. The van der Waals surface area contributed by atoms with Crippen LogP contribution < -0.4 is 10.5 Å². The summed E-state index contributed by atoms with van der Waals surface area (Å²) in [6.07, 6.45) is 3.21. The summed E-state index contributed by atoms with van der Waals surface area (Å²) >= 11 is 6.61. The van der Waals surface area contributed by atoms with Crippen molar-refractivity contribution in [2.45, 2.75) is 19.3 Å². The van der Waals surface area contributed by atoms with Crippen LogP contribution in [0.4, 0.5) is 5.82 Å². The van der Waals surface area contributed by atoms with Crippen LogP contribution in [0.15, 0.2) is 4.79 Å². The van der Waals surface area contributed by atoms with E-state index in [1.54, 1.807) is 0 Å². The molecule has 3 aromatic heterocycles. The molecule has 0 amide bonds. The number of hydrogen-bond acceptors (Lipinski definition) is 6. The molecule has 0 radical (unpaired) electrons. The molecule has 5 rings (SSSR count). The van der Waals surface area contributed by atoms with Gasteiger partial charge in [-0.05, 0) is 42.6 Å². The second-order valence-electron chi connectivity index (χ2n) is 6.24. The van der Waals surface area contributed by atoms with Gasteiger partial charge in [0.2, 0.25) is 0 Å². The number of ether oxygens (including phenoxy) is 1. The summed E-state index contributed by atoms with van der Waals surface area (Å²) in [4.78, 5) is 26.3. The van der Waals surface area contributed by atoms with Crippen LogP contribution in [0, 0.1) is 4.77 Å². The van der Waals surface area contributed by atoms with E-state index in [-0.39, 0.29) is 5.56 Å². The Bertz CT molecular complexity index is 1080. The van der Waals surface area contributed by atoms with Crippen molar-refractivity contribution in [2.75, 3.05) is 31.2 Å². The number of rotatable bonds is 1. The molecule has 1 fully saturated rings. The number of nitrogens with one attached hydrogen (secondary N) is 2. The lowest BCUT2D eigenvalue weighted by Crippen LogP contribution is -2.37. The highest BCUT2D eigenvalue weighted by molar-refractivity contribution is 7.71. The topological polar surface area (TPSA) is 74.0 Å². The van der Waals surface area contributed by atoms with E-state index < -0.39 is 0 Å². The van der Waals surface area contributed by atoms with Gasteiger partial charge in [-0.2, -0.15) is 0 Å². The number of anilines is 1. The van der Waals surface area contributed by atoms with E-state index >= 15 is 0 Å². The average Bonchev–Trinajstić information content (AvgIpc) is 3.19. The fourth-order valence-corrected chi connectivity index (χ4v) is 5.07. The average molecular weight is 360 g/mol. The second-order valence-corrected chi connectivity index (χ2v) is 7.65. The van der Waals surface area contributed by atoms with Crippen LogP contribution in [0.25, 0.3) is 20.4 Å². The maximum atomic E-state index is 12.3. The van der Waals surface area contributed by atoms with Gasteiger partial charge < -0.3 is 14.6 Å². The van der Waals surface area contributed by atoms with Gasteiger partial charge in [0, 0.05) is 18.5 Å². The highest BCUT2D eigenvalue weighted by atomic mass is 32.1. The number of nitrogens with zero attached hydrogens (tertiary/aromatic N) is 2. The van der Waals surface area contributed by atoms with Gasteiger partial charge in [-0.3, -0.25) is 9.78 Å². The minimum absolute atomic E-state index is 0.128. The summed E-state index contributed by atoms with van der Waals surface area (Å²) < 4.78 is 6.53. The molecular formula is C16H16N4O2S2. The largest absolute Gasteiger partial charge is 0.378 e. The molecule has 1 aliphatic heterocycles. The van der Waals surface area contributed by atoms with E-state index in [9.17, 15) is 4.79 Å². The van der Waals surface area contributed by atoms with E-state index in [1.165, 1.54) is 22.5 Å². The second kappa shape index (κ2) is 5.37. The predicted octanol–water partition coefficient (Wildman–Crippen LogP) is 2.52. The summed E-state index contributed by atoms with van der Waals surface area (Å²) in [7, 11) is 0. The highest BCUT2D eigenvalue weighted by Gasteiger charge is 2.26. The van der Waals surface area contributed by atoms with Gasteiger partial charge in [0.25, 0.3) is 5.56 Å². The molecule has 0 bridgehead atoms. The van der Waals surface area contributed by atoms with E-state index in [0.29, 0.717) is 9.47 Å². The molecular weight excluding hydrogens is 344 g/mol. The highest BCUT2D eigenvalue weighted by Crippen LogP contribution is 2.40. The van der Waals surface area contributed by atoms with E-state index in [2.05, 4.69) is 14.9 Å². The van der Waals surface area contributed by atoms with Crippen LogP contribution in [0.5, 0.6) is 0 Å². The molecule has 6 nitrogen and oxygen atoms in total. The van der Waals surface area contributed by atoms with Crippen molar-refractivity contribution in [3.8, 4) is 0 Å². The van der Waals surface area contributed by atoms with Gasteiger partial charge in [-0.1, -0.05) is 0 Å². The molecule has 0 spiro atoms. The fourth-order valence-electron chi connectivity index (χ4n) is 3.83. The number of aromatic nitrogens is 3. The monoisotopic (exact) mass is 360 g/mol. The summed E-state index contributed by atoms with van der Waals surface area (Å²) in [6, 6.07) is 0. The first kappa shape index (κ1) is 14.6. The standard InChI is InChI=1S/C16H16N4O2S2/c21-14-12-11(17-16(23)19-14)10-8-2-1-3-9(8)13(18-15(10)24-12)20-4-6-22-7-5-20/h1-7H2,(H2,17,19,21,23). The first-order valence-electron chi connectivity index (χ1n) is 8.15. The first-order valence-corrected chi connectivity index (χ1v) is 9.38. The Hall–Kier alpha value is -1.77. The van der Waals surface area contributed by atoms with Crippen molar-refractivity contribution in [1.29, 1.82) is 0 Å². The number of fused-ring (bicyclic) bond motifs is 5. The maximum Gasteiger partial charge on any atom is 0.269 e. The molecule has 1 saturated heterocycles. The lowest BCUT2D eigenvalue weighted by molar-refractivity contribution is 0.122. The molecule has 24 heavy (non-hydrogen) atoms. The van der Waals surface area contributed by atoms with E-state index in [0.717, 1.165) is 67.1 Å². The molecule has 0 aromatic carbocycles. The van der Waals surface area contributed by atoms with Gasteiger partial charge in [0.1, 0.15) is 15.3 Å². The van der Waals surface area contributed by atoms with Crippen LogP contribution in [0.2, 0.25) is 0 Å². The molecule has 0 unspecified atom stereocenters. The molecule has 124 valence electrons. The van der Waals surface area contributed by atoms with Gasteiger partial charge in [0.15, 0.2) is 4.77 Å². The van der Waals surface area contributed by atoms with Crippen LogP contribution in [-0.2, 0) is 17.6 Å². The normalized spacial score (nSPS) is 17.8. The van der Waals surface area contributed by atoms with Crippen molar-refractivity contribution in [3.05, 3.63) is 26.3 Å². The van der Waals surface area contributed by atoms with Gasteiger partial charge >= 0.3 is 0 Å². The van der Waals surface area contributed by atoms with E-state index in [1.807, 2.05) is 0 Å². The number of morpholine rings is 1. The molecule has 8 heteroatoms. The van der Waals surface area contributed by atoms with Crippen LogP contribution >= 0.6 is 23.6 Å². The predicted molar refractivity (Wildman–Crippen MR) is 98.0 cm³/mol. The molecule has 2 N–H and O–H groups in total. The number of pyridine rings is 1. The van der Waals surface area contributed by atoms with Crippen molar-refractivity contribution >= 4 is 49.8 Å². The molecule has 3 aromatic rings. The Morgan fingerprint density at radius 2 is 1.96 bits per heavy atom. The SMILES string of the molecule is O=c1[nH]c(=S)[nH]c2c1sc1nc(N3CCOCC3)c3c(c12)CCC3. The van der Waals surface area contributed by atoms with Crippen molar-refractivity contribution in [1.82, 2.24) is 15.0 Å². The number of H-pyrrole nitrogens is 2. The third-order valence-electron chi connectivity index (χ3n) is 4.87. The zero-order chi connectivity index (χ0) is 16.3. The molecule has 4 heterocycles. The van der Waals surface area contributed by atoms with Crippen LogP contribution in [-0.4, -0.2) is 41.3 Å². The minimum atomic E-state index is -0.128. The van der Waals surface area contributed by atoms with Crippen molar-refractivity contribution < 1.29 is 4.74 Å². The number of hydrogen-bond donors (Lipinski definition) is 2. The van der Waals surface area contributed by atoms with Gasteiger partial charge in [-0.15, -0.1) is 11.3 Å². The fraction of sp³-hybridized carbons (Fsp3) is 0.438. The zero-order valence-corrected chi connectivity index (χ0v) is 14.6. The number of thiophene rings is 1. The maximum absolute atomic E-state index is 12.3. The summed E-state index contributed by atoms with van der Waals surface area (Å²) in [5, 5.41) is 1.09. The smallest absolute Gasteiger partial charge is 0.269 e. The Morgan fingerprint density at radius 1 is 1.17 bits per heavy atom. The molecule has 0 saturated carbocycles. The first-order chi connectivity index (χ1) is 11.7. The molecule has 2 aliphatic rings. The summed E-state index contributed by atoms with van der Waals surface area (Å²) in [5.41, 5.74) is 3.40. The molecule has 1 aliphatic carbocycles. The summed E-state index contributed by atoms with van der Waals surface area (Å²) in [6.45, 7) is 3.24. The molecule has 0 atom stereocenters. The van der Waals surface area contributed by atoms with Crippen LogP contribution in [0.1, 0.15) is 17.5 Å². The number of aromatic amines is 2. The van der Waals surface area contributed by atoms with Crippen molar-refractivity contribution in [2.24, 2.45) is 0 Å². The zero-order valence-electron chi connectivity index (χ0n) is 13.0. The van der Waals surface area contributed by atoms with Gasteiger partial charge in [-0.25, -0.2) is 4.98 Å². The lowest BCUT2D eigenvalue weighted by atomic mass is 10.1. The quantitative estimate of drug-likeness (QED) is 0.653. The van der Waals surface area contributed by atoms with Crippen molar-refractivity contribution in [3.63, 3.8) is 0 Å².